The average Bonchev–Trinajstić information content (AvgIpc) is 2.73. The molecule has 30 heavy (non-hydrogen) atoms. The third-order valence-electron chi connectivity index (χ3n) is 4.94. The van der Waals surface area contributed by atoms with E-state index in [1.807, 2.05) is 30.3 Å². The molecule has 1 aliphatic heterocycles. The summed E-state index contributed by atoms with van der Waals surface area (Å²) in [5.41, 5.74) is 3.17. The van der Waals surface area contributed by atoms with Gasteiger partial charge in [-0.3, -0.25) is 9.59 Å². The standard InChI is InChI=1S/C23H28ClN3O2S/c1-2-3-4-5-11-25-22(28)17-9-10-19-20(13-17)27-23(29)21(26-19)15-30-14-16-7-6-8-18(24)12-16/h6-10,12-13,21,26H,2-5,11,14-15H2,1H3,(H,25,28)(H,27,29)/t21-/m0/s1. The number of amides is 2. The zero-order chi connectivity index (χ0) is 21.3. The fourth-order valence-corrected chi connectivity index (χ4v) is 4.50. The molecule has 7 heteroatoms. The summed E-state index contributed by atoms with van der Waals surface area (Å²) in [6.07, 6.45) is 4.46. The molecule has 2 aromatic carbocycles. The summed E-state index contributed by atoms with van der Waals surface area (Å²) in [6, 6.07) is 12.8. The van der Waals surface area contributed by atoms with Gasteiger partial charge in [-0.2, -0.15) is 11.8 Å². The Bertz CT molecular complexity index is 891. The van der Waals surface area contributed by atoms with Gasteiger partial charge < -0.3 is 16.0 Å². The number of hydrogen-bond donors (Lipinski definition) is 3. The number of thioether (sulfide) groups is 1. The first-order valence-electron chi connectivity index (χ1n) is 10.4. The van der Waals surface area contributed by atoms with Gasteiger partial charge >= 0.3 is 0 Å². The number of carbonyl (C=O) groups is 2. The molecule has 0 bridgehead atoms. The average molecular weight is 446 g/mol. The van der Waals surface area contributed by atoms with Gasteiger partial charge in [0.15, 0.2) is 0 Å². The molecule has 3 rings (SSSR count). The minimum Gasteiger partial charge on any atom is -0.371 e. The number of benzene rings is 2. The summed E-state index contributed by atoms with van der Waals surface area (Å²) < 4.78 is 0. The first-order chi connectivity index (χ1) is 14.6. The fraction of sp³-hybridized carbons (Fsp3) is 0.391. The number of unbranched alkanes of at least 4 members (excludes halogenated alkanes) is 3. The van der Waals surface area contributed by atoms with Gasteiger partial charge in [-0.05, 0) is 42.3 Å². The molecule has 2 amide bonds. The van der Waals surface area contributed by atoms with Gasteiger partial charge in [0.25, 0.3) is 5.91 Å². The molecule has 3 N–H and O–H groups in total. The normalized spacial score (nSPS) is 15.1. The van der Waals surface area contributed by atoms with Crippen molar-refractivity contribution in [3.8, 4) is 0 Å². The first kappa shape index (κ1) is 22.5. The van der Waals surface area contributed by atoms with E-state index in [-0.39, 0.29) is 17.9 Å². The topological polar surface area (TPSA) is 70.2 Å². The van der Waals surface area contributed by atoms with Gasteiger partial charge in [0, 0.05) is 28.6 Å². The summed E-state index contributed by atoms with van der Waals surface area (Å²) in [5.74, 6) is 1.23. The maximum Gasteiger partial charge on any atom is 0.251 e. The quantitative estimate of drug-likeness (QED) is 0.433. The van der Waals surface area contributed by atoms with Crippen LogP contribution in [0.2, 0.25) is 5.02 Å². The van der Waals surface area contributed by atoms with Crippen LogP contribution in [0.15, 0.2) is 42.5 Å². The second-order valence-corrected chi connectivity index (χ2v) is 8.87. The summed E-state index contributed by atoms with van der Waals surface area (Å²) >= 11 is 7.70. The van der Waals surface area contributed by atoms with E-state index in [2.05, 4.69) is 22.9 Å². The Morgan fingerprint density at radius 2 is 2.00 bits per heavy atom. The maximum absolute atomic E-state index is 12.5. The molecule has 0 fully saturated rings. The van der Waals surface area contributed by atoms with Crippen LogP contribution in [0.5, 0.6) is 0 Å². The van der Waals surface area contributed by atoms with E-state index in [1.54, 1.807) is 23.9 Å². The molecule has 0 aromatic heterocycles. The molecule has 1 heterocycles. The van der Waals surface area contributed by atoms with E-state index < -0.39 is 0 Å². The Morgan fingerprint density at radius 3 is 2.80 bits per heavy atom. The number of hydrogen-bond acceptors (Lipinski definition) is 4. The maximum atomic E-state index is 12.5. The Kier molecular flexibility index (Phi) is 8.46. The minimum absolute atomic E-state index is 0.0850. The monoisotopic (exact) mass is 445 g/mol. The van der Waals surface area contributed by atoms with Crippen molar-refractivity contribution in [1.29, 1.82) is 0 Å². The first-order valence-corrected chi connectivity index (χ1v) is 11.9. The number of fused-ring (bicyclic) bond motifs is 1. The zero-order valence-electron chi connectivity index (χ0n) is 17.2. The molecule has 160 valence electrons. The summed E-state index contributed by atoms with van der Waals surface area (Å²) in [7, 11) is 0. The Hall–Kier alpha value is -2.18. The lowest BCUT2D eigenvalue weighted by atomic mass is 10.1. The molecule has 1 aliphatic rings. The Balaban J connectivity index is 1.51. The van der Waals surface area contributed by atoms with E-state index in [4.69, 9.17) is 11.6 Å². The minimum atomic E-state index is -0.320. The van der Waals surface area contributed by atoms with Crippen molar-refractivity contribution in [2.45, 2.75) is 44.4 Å². The predicted octanol–water partition coefficient (Wildman–Crippen LogP) is 5.32. The van der Waals surface area contributed by atoms with Crippen LogP contribution in [0.1, 0.15) is 48.5 Å². The van der Waals surface area contributed by atoms with Gasteiger partial charge in [-0.25, -0.2) is 0 Å². The van der Waals surface area contributed by atoms with Crippen molar-refractivity contribution in [3.05, 3.63) is 58.6 Å². The number of carbonyl (C=O) groups excluding carboxylic acids is 2. The highest BCUT2D eigenvalue weighted by Crippen LogP contribution is 2.29. The second-order valence-electron chi connectivity index (χ2n) is 7.41. The molecule has 0 aliphatic carbocycles. The second kappa shape index (κ2) is 11.3. The van der Waals surface area contributed by atoms with Crippen LogP contribution in [0.3, 0.4) is 0 Å². The van der Waals surface area contributed by atoms with Gasteiger partial charge in [-0.15, -0.1) is 0 Å². The third kappa shape index (κ3) is 6.41. The van der Waals surface area contributed by atoms with Crippen molar-refractivity contribution >= 4 is 46.6 Å². The lowest BCUT2D eigenvalue weighted by Gasteiger charge is -2.27. The van der Waals surface area contributed by atoms with E-state index >= 15 is 0 Å². The van der Waals surface area contributed by atoms with Crippen molar-refractivity contribution in [3.63, 3.8) is 0 Å². The van der Waals surface area contributed by atoms with Crippen LogP contribution in [0.25, 0.3) is 0 Å². The van der Waals surface area contributed by atoms with Crippen LogP contribution < -0.4 is 16.0 Å². The van der Waals surface area contributed by atoms with Gasteiger partial charge in [0.2, 0.25) is 5.91 Å². The number of halogens is 1. The highest BCUT2D eigenvalue weighted by molar-refractivity contribution is 7.98. The molecule has 0 unspecified atom stereocenters. The lowest BCUT2D eigenvalue weighted by molar-refractivity contribution is -0.116. The molecule has 2 aromatic rings. The van der Waals surface area contributed by atoms with E-state index in [0.717, 1.165) is 34.9 Å². The third-order valence-corrected chi connectivity index (χ3v) is 6.29. The predicted molar refractivity (Wildman–Crippen MR) is 127 cm³/mol. The zero-order valence-corrected chi connectivity index (χ0v) is 18.7. The van der Waals surface area contributed by atoms with Crippen molar-refractivity contribution in [1.82, 2.24) is 5.32 Å². The smallest absolute Gasteiger partial charge is 0.251 e. The van der Waals surface area contributed by atoms with Crippen LogP contribution >= 0.6 is 23.4 Å². The summed E-state index contributed by atoms with van der Waals surface area (Å²) in [5, 5.41) is 9.88. The molecular weight excluding hydrogens is 418 g/mol. The highest BCUT2D eigenvalue weighted by atomic mass is 35.5. The van der Waals surface area contributed by atoms with Crippen LogP contribution in [-0.4, -0.2) is 30.2 Å². The molecular formula is C23H28ClN3O2S. The molecule has 0 saturated heterocycles. The lowest BCUT2D eigenvalue weighted by Crippen LogP contribution is -2.40. The number of nitrogens with one attached hydrogen (secondary N) is 3. The molecule has 0 saturated carbocycles. The molecule has 5 nitrogen and oxygen atoms in total. The van der Waals surface area contributed by atoms with E-state index in [1.165, 1.54) is 12.8 Å². The van der Waals surface area contributed by atoms with E-state index in [9.17, 15) is 9.59 Å². The van der Waals surface area contributed by atoms with E-state index in [0.29, 0.717) is 23.5 Å². The van der Waals surface area contributed by atoms with Gasteiger partial charge in [0.1, 0.15) is 6.04 Å². The van der Waals surface area contributed by atoms with Crippen molar-refractivity contribution < 1.29 is 9.59 Å². The fourth-order valence-electron chi connectivity index (χ4n) is 3.28. The molecule has 1 atom stereocenters. The largest absolute Gasteiger partial charge is 0.371 e. The van der Waals surface area contributed by atoms with Crippen LogP contribution in [0.4, 0.5) is 11.4 Å². The van der Waals surface area contributed by atoms with Crippen molar-refractivity contribution in [2.24, 2.45) is 0 Å². The Labute approximate surface area is 187 Å². The Morgan fingerprint density at radius 1 is 1.13 bits per heavy atom. The van der Waals surface area contributed by atoms with Gasteiger partial charge in [0.05, 0.1) is 11.4 Å². The van der Waals surface area contributed by atoms with Gasteiger partial charge in [-0.1, -0.05) is 49.9 Å². The SMILES string of the molecule is CCCCCCNC(=O)c1ccc2c(c1)NC(=O)[C@H](CSCc1cccc(Cl)c1)N2. The molecule has 0 spiro atoms. The molecule has 0 radical (unpaired) electrons. The summed E-state index contributed by atoms with van der Waals surface area (Å²) in [4.78, 5) is 24.9. The van der Waals surface area contributed by atoms with Crippen LogP contribution in [-0.2, 0) is 10.5 Å². The summed E-state index contributed by atoms with van der Waals surface area (Å²) in [6.45, 7) is 2.84. The van der Waals surface area contributed by atoms with Crippen molar-refractivity contribution in [2.75, 3.05) is 22.9 Å². The highest BCUT2D eigenvalue weighted by Gasteiger charge is 2.26. The number of anilines is 2. The number of rotatable bonds is 10. The van der Waals surface area contributed by atoms with Crippen LogP contribution in [0, 0.1) is 0 Å².